The molecule has 0 amide bonds. The van der Waals surface area contributed by atoms with Crippen LogP contribution < -0.4 is 20.5 Å². The molecule has 0 radical (unpaired) electrons. The SMILES string of the molecule is COc1ncnc(Nc2ccc(OCCN)cc2)c1C. The van der Waals surface area contributed by atoms with Crippen molar-refractivity contribution in [2.45, 2.75) is 6.92 Å². The molecule has 2 aromatic rings. The Morgan fingerprint density at radius 2 is 1.95 bits per heavy atom. The fourth-order valence-corrected chi connectivity index (χ4v) is 1.71. The number of nitrogens with two attached hydrogens (primary N) is 1. The van der Waals surface area contributed by atoms with Crippen molar-refractivity contribution in [3.8, 4) is 11.6 Å². The van der Waals surface area contributed by atoms with E-state index in [4.69, 9.17) is 15.2 Å². The van der Waals surface area contributed by atoms with Gasteiger partial charge in [0, 0.05) is 12.2 Å². The van der Waals surface area contributed by atoms with Gasteiger partial charge < -0.3 is 20.5 Å². The third-order valence-electron chi connectivity index (χ3n) is 2.73. The maximum absolute atomic E-state index is 5.42. The molecule has 0 aliphatic rings. The van der Waals surface area contributed by atoms with E-state index in [-0.39, 0.29) is 0 Å². The quantitative estimate of drug-likeness (QED) is 0.837. The largest absolute Gasteiger partial charge is 0.492 e. The predicted octanol–water partition coefficient (Wildman–Crippen LogP) is 1.87. The van der Waals surface area contributed by atoms with E-state index < -0.39 is 0 Å². The van der Waals surface area contributed by atoms with Gasteiger partial charge in [0.2, 0.25) is 5.88 Å². The van der Waals surface area contributed by atoms with Crippen molar-refractivity contribution in [3.63, 3.8) is 0 Å². The summed E-state index contributed by atoms with van der Waals surface area (Å²) in [4.78, 5) is 8.25. The molecule has 0 fully saturated rings. The second kappa shape index (κ2) is 6.72. The van der Waals surface area contributed by atoms with Crippen molar-refractivity contribution in [1.29, 1.82) is 0 Å². The van der Waals surface area contributed by atoms with Crippen LogP contribution in [0.15, 0.2) is 30.6 Å². The van der Waals surface area contributed by atoms with Gasteiger partial charge in [0.1, 0.15) is 24.5 Å². The number of methoxy groups -OCH3 is 1. The first-order chi connectivity index (χ1) is 9.74. The number of rotatable bonds is 6. The maximum Gasteiger partial charge on any atom is 0.221 e. The van der Waals surface area contributed by atoms with E-state index in [1.165, 1.54) is 6.33 Å². The smallest absolute Gasteiger partial charge is 0.221 e. The Balaban J connectivity index is 2.10. The van der Waals surface area contributed by atoms with Crippen LogP contribution in [0.3, 0.4) is 0 Å². The lowest BCUT2D eigenvalue weighted by Gasteiger charge is -2.11. The van der Waals surface area contributed by atoms with Crippen LogP contribution in [0.4, 0.5) is 11.5 Å². The fraction of sp³-hybridized carbons (Fsp3) is 0.286. The minimum Gasteiger partial charge on any atom is -0.492 e. The summed E-state index contributed by atoms with van der Waals surface area (Å²) < 4.78 is 10.6. The predicted molar refractivity (Wildman–Crippen MR) is 77.6 cm³/mol. The van der Waals surface area contributed by atoms with E-state index in [1.807, 2.05) is 31.2 Å². The van der Waals surface area contributed by atoms with Gasteiger partial charge in [-0.05, 0) is 31.2 Å². The highest BCUT2D eigenvalue weighted by molar-refractivity contribution is 5.61. The van der Waals surface area contributed by atoms with Crippen LogP contribution in [0.1, 0.15) is 5.56 Å². The highest BCUT2D eigenvalue weighted by Gasteiger charge is 2.07. The summed E-state index contributed by atoms with van der Waals surface area (Å²) in [5.74, 6) is 2.07. The zero-order valence-electron chi connectivity index (χ0n) is 11.6. The van der Waals surface area contributed by atoms with Gasteiger partial charge in [-0.25, -0.2) is 9.97 Å². The lowest BCUT2D eigenvalue weighted by Crippen LogP contribution is -2.10. The van der Waals surface area contributed by atoms with Gasteiger partial charge in [0.25, 0.3) is 0 Å². The number of benzene rings is 1. The average molecular weight is 274 g/mol. The molecule has 0 saturated carbocycles. The molecule has 6 heteroatoms. The summed E-state index contributed by atoms with van der Waals surface area (Å²) in [5.41, 5.74) is 7.16. The molecule has 0 aliphatic carbocycles. The van der Waals surface area contributed by atoms with Gasteiger partial charge in [-0.3, -0.25) is 0 Å². The highest BCUT2D eigenvalue weighted by atomic mass is 16.5. The van der Waals surface area contributed by atoms with Gasteiger partial charge >= 0.3 is 0 Å². The molecule has 1 heterocycles. The lowest BCUT2D eigenvalue weighted by molar-refractivity contribution is 0.328. The first-order valence-corrected chi connectivity index (χ1v) is 6.30. The molecule has 0 atom stereocenters. The molecule has 0 bridgehead atoms. The van der Waals surface area contributed by atoms with E-state index >= 15 is 0 Å². The Hall–Kier alpha value is -2.34. The first-order valence-electron chi connectivity index (χ1n) is 6.30. The first kappa shape index (κ1) is 14.1. The monoisotopic (exact) mass is 274 g/mol. The number of anilines is 2. The van der Waals surface area contributed by atoms with Crippen LogP contribution in [0.25, 0.3) is 0 Å². The Morgan fingerprint density at radius 3 is 2.60 bits per heavy atom. The molecular formula is C14H18N4O2. The van der Waals surface area contributed by atoms with Crippen LogP contribution in [0.2, 0.25) is 0 Å². The molecule has 106 valence electrons. The van der Waals surface area contributed by atoms with E-state index in [9.17, 15) is 0 Å². The fourth-order valence-electron chi connectivity index (χ4n) is 1.71. The molecule has 0 unspecified atom stereocenters. The minimum absolute atomic E-state index is 0.500. The Kier molecular flexibility index (Phi) is 4.73. The maximum atomic E-state index is 5.42. The molecule has 6 nitrogen and oxygen atoms in total. The van der Waals surface area contributed by atoms with Crippen molar-refractivity contribution < 1.29 is 9.47 Å². The summed E-state index contributed by atoms with van der Waals surface area (Å²) in [7, 11) is 1.59. The van der Waals surface area contributed by atoms with Gasteiger partial charge in [-0.15, -0.1) is 0 Å². The molecule has 2 rings (SSSR count). The Bertz CT molecular complexity index is 558. The Morgan fingerprint density at radius 1 is 1.20 bits per heavy atom. The van der Waals surface area contributed by atoms with Crippen LogP contribution >= 0.6 is 0 Å². The van der Waals surface area contributed by atoms with Gasteiger partial charge in [0.05, 0.1) is 12.7 Å². The van der Waals surface area contributed by atoms with Crippen molar-refractivity contribution >= 4 is 11.5 Å². The summed E-state index contributed by atoms with van der Waals surface area (Å²) >= 11 is 0. The van der Waals surface area contributed by atoms with E-state index in [1.54, 1.807) is 7.11 Å². The topological polar surface area (TPSA) is 82.3 Å². The molecule has 0 aliphatic heterocycles. The number of nitrogens with one attached hydrogen (secondary N) is 1. The second-order valence-corrected chi connectivity index (χ2v) is 4.14. The standard InChI is InChI=1S/C14H18N4O2/c1-10-13(16-9-17-14(10)19-2)18-11-3-5-12(6-4-11)20-8-7-15/h3-6,9H,7-8,15H2,1-2H3,(H,16,17,18). The zero-order valence-corrected chi connectivity index (χ0v) is 11.6. The van der Waals surface area contributed by atoms with Crippen molar-refractivity contribution in [3.05, 3.63) is 36.2 Å². The molecule has 20 heavy (non-hydrogen) atoms. The van der Waals surface area contributed by atoms with E-state index in [0.717, 1.165) is 17.0 Å². The lowest BCUT2D eigenvalue weighted by atomic mass is 10.2. The van der Waals surface area contributed by atoms with Crippen LogP contribution in [-0.4, -0.2) is 30.2 Å². The van der Waals surface area contributed by atoms with E-state index in [2.05, 4.69) is 15.3 Å². The van der Waals surface area contributed by atoms with Crippen molar-refractivity contribution in [2.24, 2.45) is 5.73 Å². The molecule has 0 spiro atoms. The molecule has 3 N–H and O–H groups in total. The zero-order chi connectivity index (χ0) is 14.4. The molecular weight excluding hydrogens is 256 g/mol. The average Bonchev–Trinajstić information content (AvgIpc) is 2.48. The summed E-state index contributed by atoms with van der Waals surface area (Å²) in [6.07, 6.45) is 1.47. The third-order valence-corrected chi connectivity index (χ3v) is 2.73. The van der Waals surface area contributed by atoms with Crippen LogP contribution in [0, 0.1) is 6.92 Å². The summed E-state index contributed by atoms with van der Waals surface area (Å²) in [5, 5.41) is 3.22. The van der Waals surface area contributed by atoms with Crippen molar-refractivity contribution in [1.82, 2.24) is 9.97 Å². The number of hydrogen-bond donors (Lipinski definition) is 2. The van der Waals surface area contributed by atoms with Gasteiger partial charge in [-0.2, -0.15) is 0 Å². The van der Waals surface area contributed by atoms with E-state index in [0.29, 0.717) is 24.8 Å². The third kappa shape index (κ3) is 3.36. The molecule has 1 aromatic carbocycles. The van der Waals surface area contributed by atoms with Crippen LogP contribution in [0.5, 0.6) is 11.6 Å². The normalized spacial score (nSPS) is 10.2. The molecule has 1 aromatic heterocycles. The Labute approximate surface area is 118 Å². The number of nitrogens with zero attached hydrogens (tertiary/aromatic N) is 2. The highest BCUT2D eigenvalue weighted by Crippen LogP contribution is 2.24. The van der Waals surface area contributed by atoms with Gasteiger partial charge in [0.15, 0.2) is 0 Å². The van der Waals surface area contributed by atoms with Gasteiger partial charge in [-0.1, -0.05) is 0 Å². The number of aromatic nitrogens is 2. The summed E-state index contributed by atoms with van der Waals surface area (Å²) in [6, 6.07) is 7.59. The molecule has 0 saturated heterocycles. The minimum atomic E-state index is 0.500. The number of ether oxygens (including phenoxy) is 2. The number of hydrogen-bond acceptors (Lipinski definition) is 6. The second-order valence-electron chi connectivity index (χ2n) is 4.14. The van der Waals surface area contributed by atoms with Crippen molar-refractivity contribution in [2.75, 3.05) is 25.6 Å². The summed E-state index contributed by atoms with van der Waals surface area (Å²) in [6.45, 7) is 2.91. The van der Waals surface area contributed by atoms with Crippen LogP contribution in [-0.2, 0) is 0 Å².